The monoisotopic (exact) mass is 212 g/mol. The SMILES string of the molecule is O=C(c1ccn[nH]1)C(Cl)(Cl)Cl. The Morgan fingerprint density at radius 2 is 2.18 bits per heavy atom. The molecule has 0 amide bonds. The number of alkyl halides is 3. The zero-order valence-corrected chi connectivity index (χ0v) is 7.41. The first-order valence-electron chi connectivity index (χ1n) is 2.62. The third kappa shape index (κ3) is 2.09. The molecule has 0 atom stereocenters. The molecule has 60 valence electrons. The van der Waals surface area contributed by atoms with Crippen molar-refractivity contribution < 1.29 is 4.79 Å². The summed E-state index contributed by atoms with van der Waals surface area (Å²) in [6, 6.07) is 1.43. The van der Waals surface area contributed by atoms with Gasteiger partial charge < -0.3 is 0 Å². The zero-order chi connectivity index (χ0) is 8.48. The summed E-state index contributed by atoms with van der Waals surface area (Å²) >= 11 is 15.9. The quantitative estimate of drug-likeness (QED) is 0.572. The summed E-state index contributed by atoms with van der Waals surface area (Å²) in [5.74, 6) is -0.611. The lowest BCUT2D eigenvalue weighted by atomic mass is 10.3. The molecule has 0 unspecified atom stereocenters. The number of nitrogens with one attached hydrogen (secondary N) is 1. The first-order valence-corrected chi connectivity index (χ1v) is 3.76. The molecular weight excluding hydrogens is 210 g/mol. The molecule has 0 aliphatic heterocycles. The van der Waals surface area contributed by atoms with E-state index in [1.165, 1.54) is 12.3 Å². The first kappa shape index (κ1) is 8.84. The molecule has 11 heavy (non-hydrogen) atoms. The second kappa shape index (κ2) is 3.01. The van der Waals surface area contributed by atoms with E-state index in [0.717, 1.165) is 0 Å². The van der Waals surface area contributed by atoms with Crippen LogP contribution >= 0.6 is 34.8 Å². The standard InChI is InChI=1S/C5H3Cl3N2O/c6-5(7,8)4(11)3-1-2-9-10-3/h1-2H,(H,9,10). The van der Waals surface area contributed by atoms with E-state index >= 15 is 0 Å². The Balaban J connectivity index is 2.88. The first-order chi connectivity index (χ1) is 5.02. The molecule has 0 saturated carbocycles. The number of hydrogen-bond donors (Lipinski definition) is 1. The number of carbonyl (C=O) groups excluding carboxylic acids is 1. The maximum absolute atomic E-state index is 11.1. The summed E-state index contributed by atoms with van der Waals surface area (Å²) in [5.41, 5.74) is 0.185. The molecule has 6 heteroatoms. The van der Waals surface area contributed by atoms with Gasteiger partial charge in [0.1, 0.15) is 5.69 Å². The van der Waals surface area contributed by atoms with Crippen molar-refractivity contribution in [2.45, 2.75) is 3.79 Å². The number of nitrogens with zero attached hydrogens (tertiary/aromatic N) is 1. The molecule has 1 rings (SSSR count). The van der Waals surface area contributed by atoms with Gasteiger partial charge >= 0.3 is 0 Å². The van der Waals surface area contributed by atoms with Crippen LogP contribution in [0.3, 0.4) is 0 Å². The van der Waals surface area contributed by atoms with Crippen molar-refractivity contribution in [2.75, 3.05) is 0 Å². The van der Waals surface area contributed by atoms with Gasteiger partial charge in [-0.1, -0.05) is 34.8 Å². The van der Waals surface area contributed by atoms with Gasteiger partial charge in [-0.05, 0) is 6.07 Å². The van der Waals surface area contributed by atoms with Crippen LogP contribution in [0.4, 0.5) is 0 Å². The highest BCUT2D eigenvalue weighted by Gasteiger charge is 2.32. The Bertz CT molecular complexity index is 251. The number of rotatable bonds is 1. The number of carbonyl (C=O) groups is 1. The molecule has 3 nitrogen and oxygen atoms in total. The summed E-state index contributed by atoms with van der Waals surface area (Å²) in [6.45, 7) is 0. The van der Waals surface area contributed by atoms with Crippen LogP contribution in [0.2, 0.25) is 0 Å². The third-order valence-electron chi connectivity index (χ3n) is 1.00. The van der Waals surface area contributed by atoms with Gasteiger partial charge in [0.25, 0.3) is 3.79 Å². The fourth-order valence-electron chi connectivity index (χ4n) is 0.535. The van der Waals surface area contributed by atoms with E-state index in [4.69, 9.17) is 34.8 Å². The molecule has 0 radical (unpaired) electrons. The van der Waals surface area contributed by atoms with Crippen LogP contribution < -0.4 is 0 Å². The topological polar surface area (TPSA) is 45.8 Å². The van der Waals surface area contributed by atoms with Gasteiger partial charge in [0, 0.05) is 6.20 Å². The summed E-state index contributed by atoms with van der Waals surface area (Å²) in [4.78, 5) is 11.1. The lowest BCUT2D eigenvalue weighted by Gasteiger charge is -2.05. The van der Waals surface area contributed by atoms with Crippen LogP contribution in [0.15, 0.2) is 12.3 Å². The molecule has 1 N–H and O–H groups in total. The molecule has 0 aliphatic carbocycles. The van der Waals surface area contributed by atoms with Crippen molar-refractivity contribution in [1.82, 2.24) is 10.2 Å². The predicted octanol–water partition coefficient (Wildman–Crippen LogP) is 1.96. The van der Waals surface area contributed by atoms with E-state index in [1.54, 1.807) is 0 Å². The van der Waals surface area contributed by atoms with Crippen molar-refractivity contribution >= 4 is 40.6 Å². The van der Waals surface area contributed by atoms with E-state index in [1.807, 2.05) is 0 Å². The molecule has 1 heterocycles. The minimum atomic E-state index is -1.91. The van der Waals surface area contributed by atoms with Gasteiger partial charge in [0.15, 0.2) is 0 Å². The van der Waals surface area contributed by atoms with Gasteiger partial charge in [-0.2, -0.15) is 5.10 Å². The van der Waals surface area contributed by atoms with Crippen LogP contribution in [0, 0.1) is 0 Å². The fourth-order valence-corrected chi connectivity index (χ4v) is 0.840. The van der Waals surface area contributed by atoms with Crippen LogP contribution in [-0.4, -0.2) is 19.8 Å². The van der Waals surface area contributed by atoms with Crippen molar-refractivity contribution in [3.8, 4) is 0 Å². The summed E-state index contributed by atoms with van der Waals surface area (Å²) in [6.07, 6.45) is 1.41. The van der Waals surface area contributed by atoms with E-state index in [-0.39, 0.29) is 5.69 Å². The van der Waals surface area contributed by atoms with Crippen LogP contribution in [0.5, 0.6) is 0 Å². The largest absolute Gasteiger partial charge is 0.288 e. The maximum atomic E-state index is 11.1. The zero-order valence-electron chi connectivity index (χ0n) is 5.14. The second-order valence-electron chi connectivity index (χ2n) is 1.80. The van der Waals surface area contributed by atoms with Crippen LogP contribution in [-0.2, 0) is 0 Å². The van der Waals surface area contributed by atoms with Crippen molar-refractivity contribution in [3.63, 3.8) is 0 Å². The number of aromatic amines is 1. The van der Waals surface area contributed by atoms with Crippen molar-refractivity contribution in [1.29, 1.82) is 0 Å². The average molecular weight is 213 g/mol. The smallest absolute Gasteiger partial charge is 0.255 e. The fraction of sp³-hybridized carbons (Fsp3) is 0.200. The van der Waals surface area contributed by atoms with E-state index < -0.39 is 9.58 Å². The van der Waals surface area contributed by atoms with Crippen molar-refractivity contribution in [2.24, 2.45) is 0 Å². The number of ketones is 1. The average Bonchev–Trinajstić information content (AvgIpc) is 2.34. The molecule has 1 aromatic rings. The molecule has 0 aromatic carbocycles. The maximum Gasteiger partial charge on any atom is 0.255 e. The normalized spacial score (nSPS) is 11.5. The molecule has 0 bridgehead atoms. The predicted molar refractivity (Wildman–Crippen MR) is 43.2 cm³/mol. The van der Waals surface area contributed by atoms with E-state index in [9.17, 15) is 4.79 Å². The van der Waals surface area contributed by atoms with Crippen LogP contribution in [0.1, 0.15) is 10.5 Å². The lowest BCUT2D eigenvalue weighted by molar-refractivity contribution is 0.0991. The molecule has 0 saturated heterocycles. The minimum Gasteiger partial charge on any atom is -0.288 e. The molecular formula is C5H3Cl3N2O. The number of hydrogen-bond acceptors (Lipinski definition) is 2. The van der Waals surface area contributed by atoms with Gasteiger partial charge in [-0.25, -0.2) is 0 Å². The highest BCUT2D eigenvalue weighted by molar-refractivity contribution is 6.77. The third-order valence-corrected chi connectivity index (χ3v) is 1.52. The lowest BCUT2D eigenvalue weighted by Crippen LogP contribution is -2.19. The van der Waals surface area contributed by atoms with Gasteiger partial charge in [0.05, 0.1) is 0 Å². The van der Waals surface area contributed by atoms with Crippen molar-refractivity contribution in [3.05, 3.63) is 18.0 Å². The minimum absolute atomic E-state index is 0.185. The molecule has 0 fully saturated rings. The molecule has 1 aromatic heterocycles. The second-order valence-corrected chi connectivity index (χ2v) is 4.08. The Kier molecular flexibility index (Phi) is 2.42. The Morgan fingerprint density at radius 1 is 1.55 bits per heavy atom. The molecule has 0 spiro atoms. The number of aromatic nitrogens is 2. The van der Waals surface area contributed by atoms with E-state index in [0.29, 0.717) is 0 Å². The highest BCUT2D eigenvalue weighted by atomic mass is 35.6. The Labute approximate surface area is 77.6 Å². The number of H-pyrrole nitrogens is 1. The van der Waals surface area contributed by atoms with E-state index in [2.05, 4.69) is 10.2 Å². The Hall–Kier alpha value is -0.250. The highest BCUT2D eigenvalue weighted by Crippen LogP contribution is 2.29. The summed E-state index contributed by atoms with van der Waals surface area (Å²) < 4.78 is -1.91. The number of Topliss-reactive ketones (excluding diaryl/α,β-unsaturated/α-hetero) is 1. The summed E-state index contributed by atoms with van der Waals surface area (Å²) in [5, 5.41) is 5.93. The number of halogens is 3. The van der Waals surface area contributed by atoms with Gasteiger partial charge in [0.2, 0.25) is 5.78 Å². The summed E-state index contributed by atoms with van der Waals surface area (Å²) in [7, 11) is 0. The van der Waals surface area contributed by atoms with Gasteiger partial charge in [-0.15, -0.1) is 0 Å². The van der Waals surface area contributed by atoms with Crippen LogP contribution in [0.25, 0.3) is 0 Å². The Morgan fingerprint density at radius 3 is 2.55 bits per heavy atom. The van der Waals surface area contributed by atoms with Gasteiger partial charge in [-0.3, -0.25) is 9.89 Å². The molecule has 0 aliphatic rings.